The highest BCUT2D eigenvalue weighted by Gasteiger charge is 2.35. The number of nitrogens with one attached hydrogen (secondary N) is 1. The number of rotatable bonds is 5. The Labute approximate surface area is 124 Å². The zero-order chi connectivity index (χ0) is 14.4. The second-order valence-corrected chi connectivity index (χ2v) is 6.28. The van der Waals surface area contributed by atoms with Gasteiger partial charge in [0.15, 0.2) is 0 Å². The molecule has 1 amide bonds. The Kier molecular flexibility index (Phi) is 5.22. The van der Waals surface area contributed by atoms with Crippen LogP contribution < -0.4 is 5.32 Å². The maximum absolute atomic E-state index is 12.1. The SMILES string of the molecule is CCC1(CNC(=O)c2csc(C#CCCO)c2)CCC1. The first-order valence-corrected chi connectivity index (χ1v) is 8.03. The van der Waals surface area contributed by atoms with Gasteiger partial charge in [-0.3, -0.25) is 4.79 Å². The summed E-state index contributed by atoms with van der Waals surface area (Å²) in [6.45, 7) is 3.05. The minimum absolute atomic E-state index is 0.00353. The molecule has 0 radical (unpaired) electrons. The second kappa shape index (κ2) is 6.92. The van der Waals surface area contributed by atoms with Crippen molar-refractivity contribution in [2.45, 2.75) is 39.0 Å². The molecule has 0 atom stereocenters. The maximum Gasteiger partial charge on any atom is 0.252 e. The summed E-state index contributed by atoms with van der Waals surface area (Å²) in [6.07, 6.45) is 5.34. The van der Waals surface area contributed by atoms with E-state index in [1.807, 2.05) is 11.4 Å². The Balaban J connectivity index is 1.88. The molecule has 4 heteroatoms. The van der Waals surface area contributed by atoms with Crippen LogP contribution in [0.5, 0.6) is 0 Å². The number of aliphatic hydroxyl groups excluding tert-OH is 1. The summed E-state index contributed by atoms with van der Waals surface area (Å²) < 4.78 is 0. The topological polar surface area (TPSA) is 49.3 Å². The van der Waals surface area contributed by atoms with Gasteiger partial charge in [0.1, 0.15) is 0 Å². The van der Waals surface area contributed by atoms with Crippen LogP contribution in [-0.4, -0.2) is 24.2 Å². The van der Waals surface area contributed by atoms with Crippen LogP contribution in [0, 0.1) is 17.3 Å². The van der Waals surface area contributed by atoms with Crippen molar-refractivity contribution in [1.82, 2.24) is 5.32 Å². The van der Waals surface area contributed by atoms with Crippen LogP contribution in [0.3, 0.4) is 0 Å². The molecule has 1 aliphatic carbocycles. The third kappa shape index (κ3) is 3.62. The molecule has 1 aliphatic rings. The van der Waals surface area contributed by atoms with E-state index in [-0.39, 0.29) is 12.5 Å². The highest BCUT2D eigenvalue weighted by atomic mass is 32.1. The van der Waals surface area contributed by atoms with Gasteiger partial charge in [0.2, 0.25) is 0 Å². The molecule has 3 nitrogen and oxygen atoms in total. The molecule has 0 aromatic carbocycles. The van der Waals surface area contributed by atoms with E-state index in [0.29, 0.717) is 17.4 Å². The molecule has 1 fully saturated rings. The van der Waals surface area contributed by atoms with Crippen molar-refractivity contribution >= 4 is 17.2 Å². The van der Waals surface area contributed by atoms with E-state index in [9.17, 15) is 4.79 Å². The Bertz CT molecular complexity index is 515. The normalized spacial score (nSPS) is 15.9. The molecule has 0 saturated heterocycles. The van der Waals surface area contributed by atoms with Crippen LogP contribution in [0.15, 0.2) is 11.4 Å². The minimum atomic E-state index is -0.00353. The molecule has 0 bridgehead atoms. The minimum Gasteiger partial charge on any atom is -0.395 e. The summed E-state index contributed by atoms with van der Waals surface area (Å²) in [7, 11) is 0. The highest BCUT2D eigenvalue weighted by molar-refractivity contribution is 7.10. The molecule has 0 unspecified atom stereocenters. The largest absolute Gasteiger partial charge is 0.395 e. The fourth-order valence-corrected chi connectivity index (χ4v) is 3.18. The van der Waals surface area contributed by atoms with Gasteiger partial charge in [-0.05, 0) is 30.7 Å². The number of hydrogen-bond acceptors (Lipinski definition) is 3. The van der Waals surface area contributed by atoms with Gasteiger partial charge in [-0.1, -0.05) is 25.2 Å². The molecule has 2 rings (SSSR count). The summed E-state index contributed by atoms with van der Waals surface area (Å²) in [5, 5.41) is 13.6. The number of hydrogen-bond donors (Lipinski definition) is 2. The number of aliphatic hydroxyl groups is 1. The molecular formula is C16H21NO2S. The molecule has 108 valence electrons. The molecule has 1 heterocycles. The molecule has 1 aromatic rings. The van der Waals surface area contributed by atoms with Crippen LogP contribution in [0.2, 0.25) is 0 Å². The smallest absolute Gasteiger partial charge is 0.252 e. The van der Waals surface area contributed by atoms with Gasteiger partial charge in [0.25, 0.3) is 5.91 Å². The van der Waals surface area contributed by atoms with Gasteiger partial charge < -0.3 is 10.4 Å². The average molecular weight is 291 g/mol. The molecule has 1 saturated carbocycles. The average Bonchev–Trinajstić information content (AvgIpc) is 2.87. The zero-order valence-electron chi connectivity index (χ0n) is 11.9. The third-order valence-corrected chi connectivity index (χ3v) is 4.94. The van der Waals surface area contributed by atoms with E-state index in [4.69, 9.17) is 5.11 Å². The fraction of sp³-hybridized carbons (Fsp3) is 0.562. The maximum atomic E-state index is 12.1. The van der Waals surface area contributed by atoms with Crippen molar-refractivity contribution in [2.75, 3.05) is 13.2 Å². The fourth-order valence-electron chi connectivity index (χ4n) is 2.43. The Morgan fingerprint density at radius 2 is 2.35 bits per heavy atom. The molecular weight excluding hydrogens is 270 g/mol. The Hall–Kier alpha value is -1.31. The Morgan fingerprint density at radius 1 is 1.55 bits per heavy atom. The lowest BCUT2D eigenvalue weighted by atomic mass is 9.67. The van der Waals surface area contributed by atoms with E-state index < -0.39 is 0 Å². The van der Waals surface area contributed by atoms with Crippen LogP contribution in [0.1, 0.15) is 54.3 Å². The van der Waals surface area contributed by atoms with Crippen LogP contribution >= 0.6 is 11.3 Å². The number of carbonyl (C=O) groups excluding carboxylic acids is 1. The van der Waals surface area contributed by atoms with Gasteiger partial charge in [0.05, 0.1) is 17.0 Å². The van der Waals surface area contributed by atoms with Crippen molar-refractivity contribution in [3.63, 3.8) is 0 Å². The van der Waals surface area contributed by atoms with Crippen molar-refractivity contribution in [3.8, 4) is 11.8 Å². The first-order valence-electron chi connectivity index (χ1n) is 7.15. The third-order valence-electron chi connectivity index (χ3n) is 4.10. The first-order chi connectivity index (χ1) is 9.69. The molecule has 2 N–H and O–H groups in total. The van der Waals surface area contributed by atoms with Gasteiger partial charge in [-0.15, -0.1) is 11.3 Å². The summed E-state index contributed by atoms with van der Waals surface area (Å²) in [6, 6.07) is 1.82. The van der Waals surface area contributed by atoms with Crippen LogP contribution in [-0.2, 0) is 0 Å². The van der Waals surface area contributed by atoms with E-state index >= 15 is 0 Å². The lowest BCUT2D eigenvalue weighted by Gasteiger charge is -2.41. The van der Waals surface area contributed by atoms with E-state index in [2.05, 4.69) is 24.1 Å². The van der Waals surface area contributed by atoms with Crippen LogP contribution in [0.4, 0.5) is 0 Å². The van der Waals surface area contributed by atoms with Gasteiger partial charge in [-0.25, -0.2) is 0 Å². The quantitative estimate of drug-likeness (QED) is 0.820. The zero-order valence-corrected chi connectivity index (χ0v) is 12.7. The lowest BCUT2D eigenvalue weighted by Crippen LogP contribution is -2.41. The predicted octanol–water partition coefficient (Wildman–Crippen LogP) is 2.79. The van der Waals surface area contributed by atoms with Gasteiger partial charge >= 0.3 is 0 Å². The van der Waals surface area contributed by atoms with E-state index in [0.717, 1.165) is 17.8 Å². The summed E-state index contributed by atoms with van der Waals surface area (Å²) in [4.78, 5) is 13.0. The van der Waals surface area contributed by atoms with Gasteiger partial charge in [0, 0.05) is 18.3 Å². The summed E-state index contributed by atoms with van der Waals surface area (Å²) in [5.41, 5.74) is 1.03. The van der Waals surface area contributed by atoms with E-state index in [1.165, 1.54) is 30.6 Å². The number of carbonyl (C=O) groups is 1. The van der Waals surface area contributed by atoms with Crippen molar-refractivity contribution in [2.24, 2.45) is 5.41 Å². The predicted molar refractivity (Wildman–Crippen MR) is 81.8 cm³/mol. The second-order valence-electron chi connectivity index (χ2n) is 5.36. The van der Waals surface area contributed by atoms with Crippen molar-refractivity contribution in [3.05, 3.63) is 21.9 Å². The highest BCUT2D eigenvalue weighted by Crippen LogP contribution is 2.43. The van der Waals surface area contributed by atoms with Crippen molar-refractivity contribution < 1.29 is 9.90 Å². The van der Waals surface area contributed by atoms with Crippen LogP contribution in [0.25, 0.3) is 0 Å². The number of amides is 1. The standard InChI is InChI=1S/C16H21NO2S/c1-2-16(7-5-8-16)12-17-15(19)13-10-14(20-11-13)6-3-4-9-18/h10-11,18H,2,4-5,7-9,12H2,1H3,(H,17,19). The van der Waals surface area contributed by atoms with E-state index in [1.54, 1.807) is 0 Å². The first kappa shape index (κ1) is 15.1. The monoisotopic (exact) mass is 291 g/mol. The molecule has 0 spiro atoms. The summed E-state index contributed by atoms with van der Waals surface area (Å²) in [5.74, 6) is 5.82. The molecule has 20 heavy (non-hydrogen) atoms. The van der Waals surface area contributed by atoms with Crippen molar-refractivity contribution in [1.29, 1.82) is 0 Å². The summed E-state index contributed by atoms with van der Waals surface area (Å²) >= 11 is 1.47. The molecule has 0 aliphatic heterocycles. The lowest BCUT2D eigenvalue weighted by molar-refractivity contribution is 0.0850. The number of thiophene rings is 1. The van der Waals surface area contributed by atoms with Gasteiger partial charge in [-0.2, -0.15) is 0 Å². The molecule has 1 aromatic heterocycles. The Morgan fingerprint density at radius 3 is 2.95 bits per heavy atom.